The lowest BCUT2D eigenvalue weighted by atomic mass is 9.70. The highest BCUT2D eigenvalue weighted by molar-refractivity contribution is 8.02. The Hall–Kier alpha value is -3.36. The Morgan fingerprint density at radius 1 is 0.950 bits per heavy atom. The minimum atomic E-state index is -0.646. The summed E-state index contributed by atoms with van der Waals surface area (Å²) < 4.78 is -0.617. The fourth-order valence-corrected chi connectivity index (χ4v) is 9.17. The molecule has 7 nitrogen and oxygen atoms in total. The van der Waals surface area contributed by atoms with Crippen LogP contribution in [0.15, 0.2) is 72.8 Å². The van der Waals surface area contributed by atoms with Gasteiger partial charge in [-0.1, -0.05) is 60.7 Å². The monoisotopic (exact) mass is 557 g/mol. The number of amides is 3. The zero-order chi connectivity index (χ0) is 27.7. The van der Waals surface area contributed by atoms with Crippen LogP contribution in [0.5, 0.6) is 0 Å². The highest BCUT2D eigenvalue weighted by Gasteiger charge is 2.73. The van der Waals surface area contributed by atoms with Gasteiger partial charge >= 0.3 is 0 Å². The van der Waals surface area contributed by atoms with Crippen LogP contribution in [0.1, 0.15) is 37.7 Å². The molecule has 3 fully saturated rings. The number of hydrogen-bond donors (Lipinski definition) is 3. The van der Waals surface area contributed by atoms with Gasteiger partial charge in [0.15, 0.2) is 0 Å². The Morgan fingerprint density at radius 3 is 2.52 bits per heavy atom. The fourth-order valence-electron chi connectivity index (χ4n) is 6.95. The summed E-state index contributed by atoms with van der Waals surface area (Å²) in [5, 5.41) is 17.6. The van der Waals surface area contributed by atoms with E-state index in [1.54, 1.807) is 16.7 Å². The van der Waals surface area contributed by atoms with Gasteiger partial charge in [0.2, 0.25) is 17.7 Å². The van der Waals surface area contributed by atoms with Gasteiger partial charge in [-0.15, -0.1) is 11.8 Å². The Morgan fingerprint density at radius 2 is 1.73 bits per heavy atom. The summed E-state index contributed by atoms with van der Waals surface area (Å²) in [6, 6.07) is 23.0. The zero-order valence-corrected chi connectivity index (χ0v) is 23.2. The Bertz CT molecular complexity index is 1420. The van der Waals surface area contributed by atoms with Crippen LogP contribution in [0.3, 0.4) is 0 Å². The smallest absolute Gasteiger partial charge is 0.248 e. The number of aliphatic hydroxyl groups is 1. The molecular weight excluding hydrogens is 522 g/mol. The van der Waals surface area contributed by atoms with E-state index in [0.717, 1.165) is 35.6 Å². The van der Waals surface area contributed by atoms with E-state index in [4.69, 9.17) is 0 Å². The number of benzene rings is 3. The van der Waals surface area contributed by atoms with Gasteiger partial charge in [0.1, 0.15) is 6.04 Å². The number of carbonyl (C=O) groups is 3. The third-order valence-corrected chi connectivity index (χ3v) is 10.7. The first-order valence-electron chi connectivity index (χ1n) is 14.2. The number of thioether (sulfide) groups is 1. The molecule has 3 saturated heterocycles. The van der Waals surface area contributed by atoms with Crippen molar-refractivity contribution in [2.45, 2.75) is 54.7 Å². The van der Waals surface area contributed by atoms with Crippen molar-refractivity contribution >= 4 is 45.9 Å². The number of likely N-dealkylation sites (tertiary alicyclic amines) is 1. The minimum Gasteiger partial charge on any atom is -0.396 e. The van der Waals surface area contributed by atoms with Gasteiger partial charge in [-0.25, -0.2) is 0 Å². The number of carbonyl (C=O) groups excluding carboxylic acids is 3. The van der Waals surface area contributed by atoms with Gasteiger partial charge in [0.25, 0.3) is 0 Å². The van der Waals surface area contributed by atoms with E-state index in [-0.39, 0.29) is 29.6 Å². The van der Waals surface area contributed by atoms with E-state index in [9.17, 15) is 19.5 Å². The van der Waals surface area contributed by atoms with E-state index in [1.165, 1.54) is 0 Å². The van der Waals surface area contributed by atoms with Gasteiger partial charge in [-0.3, -0.25) is 14.4 Å². The van der Waals surface area contributed by atoms with Crippen molar-refractivity contribution in [1.82, 2.24) is 10.2 Å². The topological polar surface area (TPSA) is 98.7 Å². The van der Waals surface area contributed by atoms with Crippen molar-refractivity contribution in [2.75, 3.05) is 18.5 Å². The molecule has 40 heavy (non-hydrogen) atoms. The molecule has 2 unspecified atom stereocenters. The highest BCUT2D eigenvalue weighted by Crippen LogP contribution is 2.66. The third-order valence-electron chi connectivity index (χ3n) is 8.73. The molecule has 0 radical (unpaired) electrons. The summed E-state index contributed by atoms with van der Waals surface area (Å²) in [5.41, 5.74) is 1.71. The molecule has 2 bridgehead atoms. The fraction of sp³-hybridized carbons (Fsp3) is 0.406. The average Bonchev–Trinajstić information content (AvgIpc) is 3.62. The summed E-state index contributed by atoms with van der Waals surface area (Å²) >= 11 is 1.68. The zero-order valence-electron chi connectivity index (χ0n) is 22.4. The molecule has 3 aromatic carbocycles. The molecule has 3 aromatic rings. The largest absolute Gasteiger partial charge is 0.396 e. The normalized spacial score (nSPS) is 26.7. The minimum absolute atomic E-state index is 0.0252. The average molecular weight is 558 g/mol. The first-order valence-corrected chi connectivity index (χ1v) is 15.1. The van der Waals surface area contributed by atoms with Crippen LogP contribution in [-0.2, 0) is 20.9 Å². The molecule has 3 aliphatic rings. The molecular formula is C32H35N3O4S. The van der Waals surface area contributed by atoms with Crippen LogP contribution in [0.2, 0.25) is 0 Å². The number of nitrogens with zero attached hydrogens (tertiary/aromatic N) is 1. The quantitative estimate of drug-likeness (QED) is 0.322. The number of unbranched alkanes of at least 4 members (excludes halogenated alkanes) is 2. The van der Waals surface area contributed by atoms with Gasteiger partial charge in [0.05, 0.1) is 16.6 Å². The maximum Gasteiger partial charge on any atom is 0.248 e. The van der Waals surface area contributed by atoms with Crippen LogP contribution in [0.4, 0.5) is 5.69 Å². The first kappa shape index (κ1) is 26.8. The van der Waals surface area contributed by atoms with Crippen LogP contribution < -0.4 is 10.6 Å². The lowest BCUT2D eigenvalue weighted by Gasteiger charge is -2.34. The number of hydrogen-bond acceptors (Lipinski definition) is 5. The maximum atomic E-state index is 14.1. The second-order valence-electron chi connectivity index (χ2n) is 11.1. The Labute approximate surface area is 238 Å². The summed E-state index contributed by atoms with van der Waals surface area (Å²) in [6.07, 6.45) is 3.69. The molecule has 3 amide bonds. The lowest BCUT2D eigenvalue weighted by molar-refractivity contribution is -0.139. The molecule has 3 aliphatic heterocycles. The number of anilines is 1. The molecule has 3 N–H and O–H groups in total. The molecule has 5 atom stereocenters. The lowest BCUT2D eigenvalue weighted by Crippen LogP contribution is -2.51. The van der Waals surface area contributed by atoms with E-state index in [2.05, 4.69) is 10.6 Å². The number of fused-ring (bicyclic) bond motifs is 2. The van der Waals surface area contributed by atoms with Crippen molar-refractivity contribution in [3.8, 4) is 0 Å². The Kier molecular flexibility index (Phi) is 7.55. The summed E-state index contributed by atoms with van der Waals surface area (Å²) in [7, 11) is 0. The van der Waals surface area contributed by atoms with E-state index < -0.39 is 22.6 Å². The summed E-state index contributed by atoms with van der Waals surface area (Å²) in [5.74, 6) is -1.34. The molecule has 8 heteroatoms. The van der Waals surface area contributed by atoms with Crippen LogP contribution in [-0.4, -0.2) is 56.9 Å². The SMILES string of the molecule is O=C(Nc1ccc2ccccc2c1)C1N(CCCCCO)C(=O)[C@@H]2[C@@H](C(=O)NCc3ccccc3)[C@H]3CCC12S3. The van der Waals surface area contributed by atoms with E-state index in [0.29, 0.717) is 31.6 Å². The summed E-state index contributed by atoms with van der Waals surface area (Å²) in [4.78, 5) is 43.4. The standard InChI is InChI=1S/C32H35N3O4S/c36-18-8-2-7-17-35-28(30(38)34-24-14-13-22-11-5-6-12-23(22)19-24)32-16-15-25(40-32)26(27(32)31(35)39)29(37)33-20-21-9-3-1-4-10-21/h1,3-6,9-14,19,25-28,36H,2,7-8,15-18,20H2,(H,33,37)(H,34,38)/t25-,26+,27+,28?,32?/m1/s1. The maximum absolute atomic E-state index is 14.1. The predicted molar refractivity (Wildman–Crippen MR) is 158 cm³/mol. The van der Waals surface area contributed by atoms with Crippen LogP contribution in [0.25, 0.3) is 10.8 Å². The van der Waals surface area contributed by atoms with Crippen molar-refractivity contribution in [2.24, 2.45) is 11.8 Å². The van der Waals surface area contributed by atoms with Crippen LogP contribution in [0, 0.1) is 11.8 Å². The van der Waals surface area contributed by atoms with Crippen molar-refractivity contribution in [3.05, 3.63) is 78.4 Å². The van der Waals surface area contributed by atoms with E-state index in [1.807, 2.05) is 72.8 Å². The molecule has 6 rings (SSSR count). The molecule has 0 aliphatic carbocycles. The molecule has 1 spiro atoms. The summed E-state index contributed by atoms with van der Waals surface area (Å²) in [6.45, 7) is 0.961. The van der Waals surface area contributed by atoms with Crippen molar-refractivity contribution in [3.63, 3.8) is 0 Å². The Balaban J connectivity index is 1.26. The number of aliphatic hydroxyl groups excluding tert-OH is 1. The number of rotatable bonds is 10. The molecule has 0 saturated carbocycles. The second kappa shape index (κ2) is 11.3. The molecule has 0 aromatic heterocycles. The molecule has 3 heterocycles. The van der Waals surface area contributed by atoms with Gasteiger partial charge in [-0.2, -0.15) is 0 Å². The van der Waals surface area contributed by atoms with Crippen molar-refractivity contribution < 1.29 is 19.5 Å². The first-order chi connectivity index (χ1) is 19.5. The third kappa shape index (κ3) is 4.77. The van der Waals surface area contributed by atoms with Gasteiger partial charge in [-0.05, 0) is 60.6 Å². The van der Waals surface area contributed by atoms with Crippen LogP contribution >= 0.6 is 11.8 Å². The second-order valence-corrected chi connectivity index (χ2v) is 12.7. The van der Waals surface area contributed by atoms with Crippen molar-refractivity contribution in [1.29, 1.82) is 0 Å². The van der Waals surface area contributed by atoms with E-state index >= 15 is 0 Å². The highest BCUT2D eigenvalue weighted by atomic mass is 32.2. The predicted octanol–water partition coefficient (Wildman–Crippen LogP) is 4.35. The van der Waals surface area contributed by atoms with Gasteiger partial charge < -0.3 is 20.6 Å². The molecule has 208 valence electrons. The number of nitrogens with one attached hydrogen (secondary N) is 2. The van der Waals surface area contributed by atoms with Gasteiger partial charge in [0, 0.05) is 30.6 Å².